The first kappa shape index (κ1) is 20.3. The number of aliphatic carboxylic acids is 1. The van der Waals surface area contributed by atoms with E-state index in [1.165, 1.54) is 6.07 Å². The minimum atomic E-state index is -1.36. The summed E-state index contributed by atoms with van der Waals surface area (Å²) in [6, 6.07) is 3.62. The lowest BCUT2D eigenvalue weighted by atomic mass is 9.54. The highest BCUT2D eigenvalue weighted by Gasteiger charge is 2.66. The van der Waals surface area contributed by atoms with Crippen LogP contribution in [-0.2, 0) is 20.7 Å². The van der Waals surface area contributed by atoms with Gasteiger partial charge in [-0.15, -0.1) is 0 Å². The number of nitrogens with one attached hydrogen (secondary N) is 1. The van der Waals surface area contributed by atoms with E-state index in [1.807, 2.05) is 6.92 Å². The molecule has 144 valence electrons. The van der Waals surface area contributed by atoms with Gasteiger partial charge in [0.15, 0.2) is 11.6 Å². The molecule has 1 aromatic carbocycles. The van der Waals surface area contributed by atoms with Crippen LogP contribution in [0.2, 0.25) is 0 Å². The van der Waals surface area contributed by atoms with Crippen molar-refractivity contribution in [3.8, 4) is 0 Å². The average molecular weight is 369 g/mol. The summed E-state index contributed by atoms with van der Waals surface area (Å²) in [6.45, 7) is 5.86. The van der Waals surface area contributed by atoms with Gasteiger partial charge in [0.25, 0.3) is 0 Å². The SMILES string of the molecule is CCOC1CC(NC(=O)CCCc2ccc(F)c(F)c2)(C(=O)O)C1(C)C. The predicted molar refractivity (Wildman–Crippen MR) is 91.6 cm³/mol. The molecule has 0 radical (unpaired) electrons. The molecule has 0 spiro atoms. The summed E-state index contributed by atoms with van der Waals surface area (Å²) >= 11 is 0. The van der Waals surface area contributed by atoms with E-state index in [2.05, 4.69) is 5.32 Å². The van der Waals surface area contributed by atoms with Crippen molar-refractivity contribution < 1.29 is 28.2 Å². The van der Waals surface area contributed by atoms with Gasteiger partial charge in [-0.05, 0) is 37.5 Å². The average Bonchev–Trinajstić information content (AvgIpc) is 2.56. The van der Waals surface area contributed by atoms with Crippen molar-refractivity contribution in [3.63, 3.8) is 0 Å². The smallest absolute Gasteiger partial charge is 0.330 e. The van der Waals surface area contributed by atoms with Crippen molar-refractivity contribution in [2.75, 3.05) is 6.61 Å². The molecule has 5 nitrogen and oxygen atoms in total. The molecule has 1 amide bonds. The molecular weight excluding hydrogens is 344 g/mol. The molecule has 0 aromatic heterocycles. The number of hydrogen-bond acceptors (Lipinski definition) is 3. The molecule has 0 bridgehead atoms. The largest absolute Gasteiger partial charge is 0.479 e. The number of carboxylic acids is 1. The molecule has 1 aliphatic carbocycles. The minimum absolute atomic E-state index is 0.101. The Morgan fingerprint density at radius 2 is 2.00 bits per heavy atom. The van der Waals surface area contributed by atoms with Gasteiger partial charge in [-0.25, -0.2) is 13.6 Å². The monoisotopic (exact) mass is 369 g/mol. The number of ether oxygens (including phenoxy) is 1. The van der Waals surface area contributed by atoms with Crippen molar-refractivity contribution in [1.82, 2.24) is 5.32 Å². The Kier molecular flexibility index (Phi) is 6.01. The molecule has 2 N–H and O–H groups in total. The number of halogens is 2. The third kappa shape index (κ3) is 3.72. The van der Waals surface area contributed by atoms with Crippen LogP contribution in [0.4, 0.5) is 8.78 Å². The molecule has 2 unspecified atom stereocenters. The Morgan fingerprint density at radius 1 is 1.31 bits per heavy atom. The number of rotatable bonds is 8. The molecule has 0 heterocycles. The van der Waals surface area contributed by atoms with Crippen LogP contribution in [0, 0.1) is 17.0 Å². The number of carboxylic acid groups (broad SMARTS) is 1. The molecule has 2 rings (SSSR count). The van der Waals surface area contributed by atoms with Crippen LogP contribution in [-0.4, -0.2) is 35.2 Å². The summed E-state index contributed by atoms with van der Waals surface area (Å²) in [5.41, 5.74) is -1.50. The van der Waals surface area contributed by atoms with Gasteiger partial charge in [-0.2, -0.15) is 0 Å². The fourth-order valence-corrected chi connectivity index (χ4v) is 3.49. The van der Waals surface area contributed by atoms with Crippen LogP contribution in [0.15, 0.2) is 18.2 Å². The number of aryl methyl sites for hydroxylation is 1. The van der Waals surface area contributed by atoms with Crippen LogP contribution >= 0.6 is 0 Å². The summed E-state index contributed by atoms with van der Waals surface area (Å²) < 4.78 is 31.7. The maximum absolute atomic E-state index is 13.2. The molecule has 1 fully saturated rings. The van der Waals surface area contributed by atoms with Crippen molar-refractivity contribution in [3.05, 3.63) is 35.4 Å². The number of carbonyl (C=O) groups excluding carboxylic acids is 1. The summed E-state index contributed by atoms with van der Waals surface area (Å²) in [6.07, 6.45) is 0.894. The van der Waals surface area contributed by atoms with E-state index in [4.69, 9.17) is 4.74 Å². The van der Waals surface area contributed by atoms with Crippen molar-refractivity contribution >= 4 is 11.9 Å². The fraction of sp³-hybridized carbons (Fsp3) is 0.579. The van der Waals surface area contributed by atoms with E-state index >= 15 is 0 Å². The molecule has 1 saturated carbocycles. The van der Waals surface area contributed by atoms with Crippen LogP contribution in [0.1, 0.15) is 45.6 Å². The van der Waals surface area contributed by atoms with Gasteiger partial charge in [-0.1, -0.05) is 19.9 Å². The van der Waals surface area contributed by atoms with Gasteiger partial charge in [0.05, 0.1) is 6.10 Å². The van der Waals surface area contributed by atoms with E-state index in [-0.39, 0.29) is 24.9 Å². The second-order valence-electron chi connectivity index (χ2n) is 7.23. The Bertz CT molecular complexity index is 692. The van der Waals surface area contributed by atoms with Gasteiger partial charge in [0.2, 0.25) is 5.91 Å². The zero-order valence-electron chi connectivity index (χ0n) is 15.3. The van der Waals surface area contributed by atoms with Crippen LogP contribution in [0.5, 0.6) is 0 Å². The molecule has 0 saturated heterocycles. The van der Waals surface area contributed by atoms with Crippen molar-refractivity contribution in [1.29, 1.82) is 0 Å². The second kappa shape index (κ2) is 7.70. The van der Waals surface area contributed by atoms with Gasteiger partial charge < -0.3 is 15.2 Å². The van der Waals surface area contributed by atoms with Gasteiger partial charge in [0, 0.05) is 24.9 Å². The maximum atomic E-state index is 13.2. The fourth-order valence-electron chi connectivity index (χ4n) is 3.49. The van der Waals surface area contributed by atoms with Gasteiger partial charge >= 0.3 is 5.97 Å². The van der Waals surface area contributed by atoms with Crippen LogP contribution in [0.3, 0.4) is 0 Å². The summed E-state index contributed by atoms with van der Waals surface area (Å²) in [5.74, 6) is -3.29. The molecule has 1 aliphatic rings. The lowest BCUT2D eigenvalue weighted by molar-refractivity contribution is -0.194. The van der Waals surface area contributed by atoms with Crippen LogP contribution in [0.25, 0.3) is 0 Å². The first-order valence-corrected chi connectivity index (χ1v) is 8.74. The van der Waals surface area contributed by atoms with E-state index in [0.717, 1.165) is 12.1 Å². The quantitative estimate of drug-likeness (QED) is 0.738. The molecule has 26 heavy (non-hydrogen) atoms. The van der Waals surface area contributed by atoms with Gasteiger partial charge in [-0.3, -0.25) is 4.79 Å². The number of benzene rings is 1. The number of carbonyl (C=O) groups is 2. The normalized spacial score (nSPS) is 24.0. The van der Waals surface area contributed by atoms with E-state index < -0.39 is 28.6 Å². The Balaban J connectivity index is 1.93. The van der Waals surface area contributed by atoms with Crippen molar-refractivity contribution in [2.45, 2.75) is 58.1 Å². The minimum Gasteiger partial charge on any atom is -0.479 e. The lowest BCUT2D eigenvalue weighted by Gasteiger charge is -2.58. The standard InChI is InChI=1S/C19H25F2NO4/c1-4-26-15-11-19(17(24)25,18(15,2)3)22-16(23)7-5-6-12-8-9-13(20)14(21)10-12/h8-10,15H,4-7,11H2,1-3H3,(H,22,23)(H,24,25). The maximum Gasteiger partial charge on any atom is 0.330 e. The third-order valence-corrected chi connectivity index (χ3v) is 5.34. The van der Waals surface area contributed by atoms with E-state index in [9.17, 15) is 23.5 Å². The summed E-state index contributed by atoms with van der Waals surface area (Å²) in [4.78, 5) is 24.1. The zero-order valence-corrected chi connectivity index (χ0v) is 15.3. The highest BCUT2D eigenvalue weighted by molar-refractivity contribution is 5.89. The highest BCUT2D eigenvalue weighted by atomic mass is 19.2. The lowest BCUT2D eigenvalue weighted by Crippen LogP contribution is -2.76. The molecule has 7 heteroatoms. The third-order valence-electron chi connectivity index (χ3n) is 5.34. The molecular formula is C19H25F2NO4. The first-order chi connectivity index (χ1) is 12.1. The molecule has 2 atom stereocenters. The Morgan fingerprint density at radius 3 is 2.54 bits per heavy atom. The van der Waals surface area contributed by atoms with E-state index in [1.54, 1.807) is 13.8 Å². The summed E-state index contributed by atoms with van der Waals surface area (Å²) in [5, 5.41) is 12.3. The Labute approximate surface area is 151 Å². The number of hydrogen-bond donors (Lipinski definition) is 2. The second-order valence-corrected chi connectivity index (χ2v) is 7.23. The summed E-state index contributed by atoms with van der Waals surface area (Å²) in [7, 11) is 0. The van der Waals surface area contributed by atoms with Gasteiger partial charge in [0.1, 0.15) is 5.54 Å². The van der Waals surface area contributed by atoms with Crippen molar-refractivity contribution in [2.24, 2.45) is 5.41 Å². The van der Waals surface area contributed by atoms with Crippen LogP contribution < -0.4 is 5.32 Å². The topological polar surface area (TPSA) is 75.6 Å². The molecule has 0 aliphatic heterocycles. The molecule has 1 aromatic rings. The number of amides is 1. The van der Waals surface area contributed by atoms with E-state index in [0.29, 0.717) is 25.0 Å². The first-order valence-electron chi connectivity index (χ1n) is 8.74. The zero-order chi connectivity index (χ0) is 19.5. The highest BCUT2D eigenvalue weighted by Crippen LogP contribution is 2.51. The predicted octanol–water partition coefficient (Wildman–Crippen LogP) is 3.06. The Hall–Kier alpha value is -2.02.